The number of hydrogen-bond acceptors (Lipinski definition) is 3. The Kier molecular flexibility index (Phi) is 5.08. The van der Waals surface area contributed by atoms with E-state index in [1.807, 2.05) is 0 Å². The lowest BCUT2D eigenvalue weighted by Crippen LogP contribution is -2.39. The molecule has 1 N–H and O–H groups in total. The van der Waals surface area contributed by atoms with E-state index in [-0.39, 0.29) is 23.2 Å². The fourth-order valence-corrected chi connectivity index (χ4v) is 2.04. The molecule has 1 unspecified atom stereocenters. The Morgan fingerprint density at radius 1 is 1.38 bits per heavy atom. The monoisotopic (exact) mass is 323 g/mol. The molecule has 1 aliphatic heterocycles. The predicted octanol–water partition coefficient (Wildman–Crippen LogP) is 2.50. The lowest BCUT2D eigenvalue weighted by molar-refractivity contribution is -0.137. The lowest BCUT2D eigenvalue weighted by atomic mass is 10.1. The first-order valence-electron chi connectivity index (χ1n) is 6.22. The Morgan fingerprint density at radius 3 is 2.76 bits per heavy atom. The molecule has 4 nitrogen and oxygen atoms in total. The van der Waals surface area contributed by atoms with Crippen LogP contribution < -0.4 is 5.32 Å². The molecule has 116 valence electrons. The molecule has 0 spiro atoms. The van der Waals surface area contributed by atoms with Crippen LogP contribution in [0.15, 0.2) is 18.2 Å². The van der Waals surface area contributed by atoms with Crippen molar-refractivity contribution in [2.45, 2.75) is 12.3 Å². The molecule has 1 amide bonds. The van der Waals surface area contributed by atoms with Crippen LogP contribution in [0.5, 0.6) is 0 Å². The quantitative estimate of drug-likeness (QED) is 0.929. The van der Waals surface area contributed by atoms with Gasteiger partial charge >= 0.3 is 6.18 Å². The zero-order valence-corrected chi connectivity index (χ0v) is 11.6. The molecular formula is C13H13ClF3NO3. The van der Waals surface area contributed by atoms with Crippen molar-refractivity contribution in [3.8, 4) is 0 Å². The molecule has 1 saturated heterocycles. The molecule has 0 aliphatic carbocycles. The van der Waals surface area contributed by atoms with Crippen molar-refractivity contribution in [2.75, 3.05) is 26.4 Å². The van der Waals surface area contributed by atoms with Crippen molar-refractivity contribution in [3.63, 3.8) is 0 Å². The molecule has 1 heterocycles. The fourth-order valence-electron chi connectivity index (χ4n) is 1.83. The standard InChI is InChI=1S/C13H13ClF3NO3/c14-11-2-1-8(13(15,16)17)5-10(11)12(19)18-6-9-7-20-3-4-21-9/h1-2,5,9H,3-4,6-7H2,(H,18,19). The van der Waals surface area contributed by atoms with Crippen LogP contribution in [-0.2, 0) is 15.7 Å². The van der Waals surface area contributed by atoms with Gasteiger partial charge in [0.25, 0.3) is 5.91 Å². The maximum Gasteiger partial charge on any atom is 0.416 e. The summed E-state index contributed by atoms with van der Waals surface area (Å²) in [5.41, 5.74) is -1.14. The Balaban J connectivity index is 2.04. The zero-order valence-electron chi connectivity index (χ0n) is 10.9. The van der Waals surface area contributed by atoms with Gasteiger partial charge in [-0.05, 0) is 18.2 Å². The third-order valence-corrected chi connectivity index (χ3v) is 3.24. The summed E-state index contributed by atoms with van der Waals surface area (Å²) in [7, 11) is 0. The number of hydrogen-bond donors (Lipinski definition) is 1. The SMILES string of the molecule is O=C(NCC1COCCO1)c1cc(C(F)(F)F)ccc1Cl. The molecule has 1 fully saturated rings. The highest BCUT2D eigenvalue weighted by atomic mass is 35.5. The van der Waals surface area contributed by atoms with Crippen molar-refractivity contribution in [1.29, 1.82) is 0 Å². The summed E-state index contributed by atoms with van der Waals surface area (Å²) >= 11 is 5.78. The smallest absolute Gasteiger partial charge is 0.376 e. The summed E-state index contributed by atoms with van der Waals surface area (Å²) in [6.07, 6.45) is -4.84. The second kappa shape index (κ2) is 6.64. The van der Waals surface area contributed by atoms with Gasteiger partial charge in [-0.3, -0.25) is 4.79 Å². The third-order valence-electron chi connectivity index (χ3n) is 2.91. The first-order chi connectivity index (χ1) is 9.88. The highest BCUT2D eigenvalue weighted by molar-refractivity contribution is 6.33. The Hall–Kier alpha value is -1.31. The molecule has 0 saturated carbocycles. The number of halogens is 4. The first-order valence-corrected chi connectivity index (χ1v) is 6.60. The van der Waals surface area contributed by atoms with Crippen LogP contribution in [0.25, 0.3) is 0 Å². The molecule has 1 atom stereocenters. The van der Waals surface area contributed by atoms with Crippen LogP contribution >= 0.6 is 11.6 Å². The van der Waals surface area contributed by atoms with Crippen LogP contribution in [0.4, 0.5) is 13.2 Å². The van der Waals surface area contributed by atoms with Gasteiger partial charge in [-0.2, -0.15) is 13.2 Å². The molecule has 1 aromatic carbocycles. The van der Waals surface area contributed by atoms with Crippen molar-refractivity contribution in [2.24, 2.45) is 0 Å². The number of nitrogens with one attached hydrogen (secondary N) is 1. The molecule has 1 aromatic rings. The van der Waals surface area contributed by atoms with E-state index in [4.69, 9.17) is 21.1 Å². The zero-order chi connectivity index (χ0) is 15.5. The minimum Gasteiger partial charge on any atom is -0.376 e. The van der Waals surface area contributed by atoms with Crippen molar-refractivity contribution in [3.05, 3.63) is 34.3 Å². The summed E-state index contributed by atoms with van der Waals surface area (Å²) in [4.78, 5) is 11.9. The van der Waals surface area contributed by atoms with E-state index in [0.29, 0.717) is 19.8 Å². The predicted molar refractivity (Wildman–Crippen MR) is 69.3 cm³/mol. The maximum atomic E-state index is 12.6. The molecule has 21 heavy (non-hydrogen) atoms. The van der Waals surface area contributed by atoms with Crippen molar-refractivity contribution >= 4 is 17.5 Å². The first kappa shape index (κ1) is 16.1. The fraction of sp³-hybridized carbons (Fsp3) is 0.462. The van der Waals surface area contributed by atoms with Gasteiger partial charge in [-0.25, -0.2) is 0 Å². The largest absolute Gasteiger partial charge is 0.416 e. The van der Waals surface area contributed by atoms with E-state index in [1.165, 1.54) is 0 Å². The molecule has 8 heteroatoms. The summed E-state index contributed by atoms with van der Waals surface area (Å²) in [5.74, 6) is -0.680. The summed E-state index contributed by atoms with van der Waals surface area (Å²) in [5, 5.41) is 2.45. The number of carbonyl (C=O) groups is 1. The van der Waals surface area contributed by atoms with Crippen LogP contribution in [0.3, 0.4) is 0 Å². The molecule has 0 bridgehead atoms. The number of carbonyl (C=O) groups excluding carboxylic acids is 1. The molecule has 0 radical (unpaired) electrons. The summed E-state index contributed by atoms with van der Waals surface area (Å²) in [6, 6.07) is 2.62. The van der Waals surface area contributed by atoms with Gasteiger partial charge in [0.15, 0.2) is 0 Å². The van der Waals surface area contributed by atoms with Crippen LogP contribution in [-0.4, -0.2) is 38.4 Å². The second-order valence-electron chi connectivity index (χ2n) is 4.47. The van der Waals surface area contributed by atoms with E-state index >= 15 is 0 Å². The molecular weight excluding hydrogens is 311 g/mol. The number of ether oxygens (including phenoxy) is 2. The minimum atomic E-state index is -4.53. The average Bonchev–Trinajstić information content (AvgIpc) is 2.45. The van der Waals surface area contributed by atoms with Gasteiger partial charge in [0.05, 0.1) is 42.1 Å². The van der Waals surface area contributed by atoms with Gasteiger partial charge in [-0.1, -0.05) is 11.6 Å². The van der Waals surface area contributed by atoms with E-state index < -0.39 is 17.6 Å². The second-order valence-corrected chi connectivity index (χ2v) is 4.88. The molecule has 0 aromatic heterocycles. The highest BCUT2D eigenvalue weighted by Gasteiger charge is 2.31. The van der Waals surface area contributed by atoms with Crippen LogP contribution in [0.1, 0.15) is 15.9 Å². The number of benzene rings is 1. The Morgan fingerprint density at radius 2 is 2.14 bits per heavy atom. The van der Waals surface area contributed by atoms with E-state index in [2.05, 4.69) is 5.32 Å². The number of rotatable bonds is 3. The van der Waals surface area contributed by atoms with E-state index in [1.54, 1.807) is 0 Å². The Bertz CT molecular complexity index is 516. The number of amides is 1. The minimum absolute atomic E-state index is 0.0405. The van der Waals surface area contributed by atoms with Gasteiger partial charge in [0.1, 0.15) is 0 Å². The molecule has 1 aliphatic rings. The van der Waals surface area contributed by atoms with Crippen molar-refractivity contribution < 1.29 is 27.4 Å². The average molecular weight is 324 g/mol. The van der Waals surface area contributed by atoms with Crippen LogP contribution in [0, 0.1) is 0 Å². The summed E-state index contributed by atoms with van der Waals surface area (Å²) in [6.45, 7) is 1.39. The highest BCUT2D eigenvalue weighted by Crippen LogP contribution is 2.31. The van der Waals surface area contributed by atoms with Gasteiger partial charge < -0.3 is 14.8 Å². The van der Waals surface area contributed by atoms with Crippen LogP contribution in [0.2, 0.25) is 5.02 Å². The van der Waals surface area contributed by atoms with Gasteiger partial charge in [0, 0.05) is 6.54 Å². The van der Waals surface area contributed by atoms with Crippen molar-refractivity contribution in [1.82, 2.24) is 5.32 Å². The maximum absolute atomic E-state index is 12.6. The van der Waals surface area contributed by atoms with E-state index in [9.17, 15) is 18.0 Å². The third kappa shape index (κ3) is 4.33. The normalized spacial score (nSPS) is 19.3. The van der Waals surface area contributed by atoms with E-state index in [0.717, 1.165) is 18.2 Å². The van der Waals surface area contributed by atoms with Gasteiger partial charge in [0.2, 0.25) is 0 Å². The molecule has 2 rings (SSSR count). The lowest BCUT2D eigenvalue weighted by Gasteiger charge is -2.23. The summed E-state index contributed by atoms with van der Waals surface area (Å²) < 4.78 is 48.4. The number of alkyl halides is 3. The van der Waals surface area contributed by atoms with Gasteiger partial charge in [-0.15, -0.1) is 0 Å². The topological polar surface area (TPSA) is 47.6 Å². The Labute approximate surface area is 124 Å².